The maximum atomic E-state index is 11.8. The van der Waals surface area contributed by atoms with E-state index in [1.165, 1.54) is 5.51 Å². The minimum absolute atomic E-state index is 0.0716. The summed E-state index contributed by atoms with van der Waals surface area (Å²) in [7, 11) is 0. The van der Waals surface area contributed by atoms with Gasteiger partial charge in [-0.15, -0.1) is 10.2 Å². The van der Waals surface area contributed by atoms with Gasteiger partial charge in [0.2, 0.25) is 16.9 Å². The Bertz CT molecular complexity index is 439. The molecule has 2 amide bonds. The summed E-state index contributed by atoms with van der Waals surface area (Å²) in [5, 5.41) is 12.2. The molecule has 20 heavy (non-hydrogen) atoms. The molecular weight excluding hydrogens is 317 g/mol. The zero-order valence-electron chi connectivity index (χ0n) is 10.1. The van der Waals surface area contributed by atoms with Crippen molar-refractivity contribution < 1.29 is 22.8 Å². The van der Waals surface area contributed by atoms with Crippen molar-refractivity contribution in [2.75, 3.05) is 17.6 Å². The molecule has 0 aliphatic rings. The molecule has 11 heteroatoms. The summed E-state index contributed by atoms with van der Waals surface area (Å²) in [5.74, 6) is -1.13. The van der Waals surface area contributed by atoms with E-state index in [9.17, 15) is 22.8 Å². The summed E-state index contributed by atoms with van der Waals surface area (Å²) >= 11 is 0.936. The molecule has 0 aliphatic carbocycles. The molecule has 6 nitrogen and oxygen atoms in total. The third-order valence-electron chi connectivity index (χ3n) is 1.88. The number of hydrogen-bond donors (Lipinski definition) is 2. The molecular formula is C9H11F3N4O2S2. The van der Waals surface area contributed by atoms with Crippen LogP contribution in [0, 0.1) is 0 Å². The molecule has 0 aliphatic heterocycles. The number of halogens is 3. The standard InChI is InChI=1S/C9H11F3N4O2S2/c10-9(11,12)20-4-3-13-6(17)1-2-7(18)15-8-16-14-5-19-8/h5H,1-4H2,(H,13,17)(H,15,16,18). The summed E-state index contributed by atoms with van der Waals surface area (Å²) in [5.41, 5.74) is -2.85. The Morgan fingerprint density at radius 1 is 1.30 bits per heavy atom. The Hall–Kier alpha value is -1.36. The van der Waals surface area contributed by atoms with Gasteiger partial charge in [0.05, 0.1) is 0 Å². The highest BCUT2D eigenvalue weighted by Crippen LogP contribution is 2.29. The molecule has 2 N–H and O–H groups in total. The highest BCUT2D eigenvalue weighted by molar-refractivity contribution is 8.00. The van der Waals surface area contributed by atoms with Crippen LogP contribution in [0.3, 0.4) is 0 Å². The average molecular weight is 328 g/mol. The van der Waals surface area contributed by atoms with E-state index in [1.807, 2.05) is 0 Å². The lowest BCUT2D eigenvalue weighted by Gasteiger charge is -2.07. The van der Waals surface area contributed by atoms with Gasteiger partial charge in [0, 0.05) is 25.1 Å². The Morgan fingerprint density at radius 3 is 2.60 bits per heavy atom. The van der Waals surface area contributed by atoms with E-state index in [0.29, 0.717) is 5.13 Å². The van der Waals surface area contributed by atoms with Gasteiger partial charge in [0.1, 0.15) is 5.51 Å². The van der Waals surface area contributed by atoms with Crippen molar-refractivity contribution in [2.45, 2.75) is 18.3 Å². The van der Waals surface area contributed by atoms with Gasteiger partial charge in [-0.25, -0.2) is 0 Å². The average Bonchev–Trinajstić information content (AvgIpc) is 2.84. The third-order valence-corrected chi connectivity index (χ3v) is 3.22. The smallest absolute Gasteiger partial charge is 0.355 e. The Balaban J connectivity index is 2.09. The number of nitrogens with zero attached hydrogens (tertiary/aromatic N) is 2. The van der Waals surface area contributed by atoms with E-state index < -0.39 is 17.3 Å². The molecule has 0 unspecified atom stereocenters. The van der Waals surface area contributed by atoms with E-state index >= 15 is 0 Å². The van der Waals surface area contributed by atoms with Gasteiger partial charge in [0.25, 0.3) is 0 Å². The minimum Gasteiger partial charge on any atom is -0.355 e. The van der Waals surface area contributed by atoms with Gasteiger partial charge in [-0.05, 0) is 11.8 Å². The van der Waals surface area contributed by atoms with Gasteiger partial charge in [-0.3, -0.25) is 9.59 Å². The van der Waals surface area contributed by atoms with E-state index in [2.05, 4.69) is 20.8 Å². The van der Waals surface area contributed by atoms with Crippen LogP contribution in [0.15, 0.2) is 5.51 Å². The second kappa shape index (κ2) is 8.04. The lowest BCUT2D eigenvalue weighted by molar-refractivity contribution is -0.124. The van der Waals surface area contributed by atoms with Gasteiger partial charge in [-0.1, -0.05) is 11.3 Å². The monoisotopic (exact) mass is 328 g/mol. The van der Waals surface area contributed by atoms with Crippen molar-refractivity contribution >= 4 is 40.0 Å². The molecule has 0 saturated heterocycles. The van der Waals surface area contributed by atoms with E-state index in [1.54, 1.807) is 0 Å². The quantitative estimate of drug-likeness (QED) is 0.743. The van der Waals surface area contributed by atoms with Crippen LogP contribution in [-0.2, 0) is 9.59 Å². The zero-order chi connectivity index (χ0) is 15.0. The van der Waals surface area contributed by atoms with Crippen LogP contribution in [0.5, 0.6) is 0 Å². The maximum absolute atomic E-state index is 11.8. The number of rotatable bonds is 7. The first-order valence-electron chi connectivity index (χ1n) is 5.40. The third kappa shape index (κ3) is 7.94. The molecule has 1 aromatic heterocycles. The molecule has 0 atom stereocenters. The number of amides is 2. The predicted octanol–water partition coefficient (Wildman–Crippen LogP) is 1.63. The molecule has 0 fully saturated rings. The van der Waals surface area contributed by atoms with Crippen molar-refractivity contribution in [3.63, 3.8) is 0 Å². The highest BCUT2D eigenvalue weighted by Gasteiger charge is 2.27. The molecule has 0 radical (unpaired) electrons. The van der Waals surface area contributed by atoms with E-state index in [4.69, 9.17) is 0 Å². The number of nitrogens with one attached hydrogen (secondary N) is 2. The van der Waals surface area contributed by atoms with Gasteiger partial charge in [-0.2, -0.15) is 13.2 Å². The topological polar surface area (TPSA) is 84.0 Å². The number of hydrogen-bond acceptors (Lipinski definition) is 6. The normalized spacial score (nSPS) is 11.2. The second-order valence-electron chi connectivity index (χ2n) is 3.44. The fraction of sp³-hybridized carbons (Fsp3) is 0.556. The molecule has 0 spiro atoms. The Labute approximate surface area is 120 Å². The van der Waals surface area contributed by atoms with Gasteiger partial charge < -0.3 is 10.6 Å². The molecule has 0 bridgehead atoms. The maximum Gasteiger partial charge on any atom is 0.441 e. The van der Waals surface area contributed by atoms with Crippen LogP contribution in [0.4, 0.5) is 18.3 Å². The predicted molar refractivity (Wildman–Crippen MR) is 69.3 cm³/mol. The zero-order valence-corrected chi connectivity index (χ0v) is 11.7. The molecule has 112 valence electrons. The lowest BCUT2D eigenvalue weighted by atomic mass is 10.3. The molecule has 0 saturated carbocycles. The van der Waals surface area contributed by atoms with Crippen molar-refractivity contribution in [2.24, 2.45) is 0 Å². The summed E-state index contributed by atoms with van der Waals surface area (Å²) in [6.07, 6.45) is -0.168. The van der Waals surface area contributed by atoms with Crippen molar-refractivity contribution in [3.05, 3.63) is 5.51 Å². The molecule has 0 aromatic carbocycles. The fourth-order valence-corrected chi connectivity index (χ4v) is 1.98. The first-order chi connectivity index (χ1) is 9.37. The number of thioether (sulfide) groups is 1. The van der Waals surface area contributed by atoms with Crippen molar-refractivity contribution in [1.29, 1.82) is 0 Å². The van der Waals surface area contributed by atoms with Crippen molar-refractivity contribution in [3.8, 4) is 0 Å². The molecule has 1 rings (SSSR count). The SMILES string of the molecule is O=C(CCC(=O)Nc1nncs1)NCCSC(F)(F)F. The fourth-order valence-electron chi connectivity index (χ4n) is 1.08. The summed E-state index contributed by atoms with van der Waals surface area (Å²) in [4.78, 5) is 22.6. The van der Waals surface area contributed by atoms with Crippen molar-refractivity contribution in [1.82, 2.24) is 15.5 Å². The van der Waals surface area contributed by atoms with Gasteiger partial charge >= 0.3 is 5.51 Å². The largest absolute Gasteiger partial charge is 0.441 e. The summed E-state index contributed by atoms with van der Waals surface area (Å²) < 4.78 is 35.4. The Kier molecular flexibility index (Phi) is 6.71. The van der Waals surface area contributed by atoms with E-state index in [0.717, 1.165) is 11.3 Å². The minimum atomic E-state index is -4.30. The molecule has 1 aromatic rings. The number of aromatic nitrogens is 2. The van der Waals surface area contributed by atoms with Crippen LogP contribution < -0.4 is 10.6 Å². The number of carbonyl (C=O) groups is 2. The highest BCUT2D eigenvalue weighted by atomic mass is 32.2. The summed E-state index contributed by atoms with van der Waals surface area (Å²) in [6.45, 7) is -0.0962. The Morgan fingerprint density at radius 2 is 2.00 bits per heavy atom. The summed E-state index contributed by atoms with van der Waals surface area (Å²) in [6, 6.07) is 0. The first kappa shape index (κ1) is 16.7. The molecule has 1 heterocycles. The number of anilines is 1. The van der Waals surface area contributed by atoms with E-state index in [-0.39, 0.29) is 36.9 Å². The van der Waals surface area contributed by atoms with Crippen LogP contribution in [0.25, 0.3) is 0 Å². The van der Waals surface area contributed by atoms with Crippen LogP contribution in [0.2, 0.25) is 0 Å². The van der Waals surface area contributed by atoms with Crippen LogP contribution in [-0.4, -0.2) is 39.8 Å². The number of alkyl halides is 3. The lowest BCUT2D eigenvalue weighted by Crippen LogP contribution is -2.27. The van der Waals surface area contributed by atoms with Crippen LogP contribution in [0.1, 0.15) is 12.8 Å². The van der Waals surface area contributed by atoms with Crippen LogP contribution >= 0.6 is 23.1 Å². The van der Waals surface area contributed by atoms with Gasteiger partial charge in [0.15, 0.2) is 0 Å². The second-order valence-corrected chi connectivity index (χ2v) is 5.43. The first-order valence-corrected chi connectivity index (χ1v) is 7.27. The number of carbonyl (C=O) groups excluding carboxylic acids is 2.